The standard InChI is InChI=1S/C23H21N5O4S/c1-14(24-15(2)29)16-3-5-17(6-4-16)20-13-33-23(25-20)26-22(30)12-27-10-9-18-11-19(28(31)32)7-8-21(18)27/h3-11,13-14H,12H2,1-2H3,(H,24,29)(H,25,26,30). The molecule has 1 unspecified atom stereocenters. The Balaban J connectivity index is 1.41. The summed E-state index contributed by atoms with van der Waals surface area (Å²) in [6.07, 6.45) is 1.73. The van der Waals surface area contributed by atoms with Crippen molar-refractivity contribution in [2.75, 3.05) is 5.32 Å². The second kappa shape index (κ2) is 9.21. The molecule has 0 radical (unpaired) electrons. The number of carbonyl (C=O) groups is 2. The maximum Gasteiger partial charge on any atom is 0.270 e. The van der Waals surface area contributed by atoms with Crippen molar-refractivity contribution < 1.29 is 14.5 Å². The summed E-state index contributed by atoms with van der Waals surface area (Å²) in [6, 6.07) is 13.9. The zero-order chi connectivity index (χ0) is 23.5. The number of nitrogens with one attached hydrogen (secondary N) is 2. The average Bonchev–Trinajstić information content (AvgIpc) is 3.40. The fraction of sp³-hybridized carbons (Fsp3) is 0.174. The molecule has 2 aromatic carbocycles. The smallest absolute Gasteiger partial charge is 0.270 e. The highest BCUT2D eigenvalue weighted by atomic mass is 32.1. The van der Waals surface area contributed by atoms with Crippen molar-refractivity contribution in [3.05, 3.63) is 75.8 Å². The van der Waals surface area contributed by atoms with E-state index < -0.39 is 4.92 Å². The van der Waals surface area contributed by atoms with Crippen LogP contribution in [0.15, 0.2) is 60.1 Å². The van der Waals surface area contributed by atoms with Gasteiger partial charge in [-0.2, -0.15) is 0 Å². The number of thiazole rings is 1. The fourth-order valence-corrected chi connectivity index (χ4v) is 4.28. The Morgan fingerprint density at radius 3 is 2.64 bits per heavy atom. The van der Waals surface area contributed by atoms with Gasteiger partial charge in [-0.25, -0.2) is 4.98 Å². The number of nitro benzene ring substituents is 1. The van der Waals surface area contributed by atoms with E-state index in [1.807, 2.05) is 36.6 Å². The average molecular weight is 464 g/mol. The largest absolute Gasteiger partial charge is 0.350 e. The van der Waals surface area contributed by atoms with Crippen LogP contribution in [0.2, 0.25) is 0 Å². The number of non-ortho nitro benzene ring substituents is 1. The minimum atomic E-state index is -0.444. The van der Waals surface area contributed by atoms with Gasteiger partial charge in [0.1, 0.15) is 6.54 Å². The molecule has 1 atom stereocenters. The quantitative estimate of drug-likeness (QED) is 0.309. The Bertz CT molecular complexity index is 1340. The maximum atomic E-state index is 12.5. The number of benzene rings is 2. The van der Waals surface area contributed by atoms with E-state index >= 15 is 0 Å². The first-order valence-electron chi connectivity index (χ1n) is 10.2. The van der Waals surface area contributed by atoms with Crippen molar-refractivity contribution in [2.45, 2.75) is 26.4 Å². The van der Waals surface area contributed by atoms with Crippen LogP contribution in [0, 0.1) is 10.1 Å². The van der Waals surface area contributed by atoms with Crippen molar-refractivity contribution in [2.24, 2.45) is 0 Å². The van der Waals surface area contributed by atoms with Gasteiger partial charge in [-0.05, 0) is 24.6 Å². The summed E-state index contributed by atoms with van der Waals surface area (Å²) in [7, 11) is 0. The molecule has 2 aromatic heterocycles. The molecular weight excluding hydrogens is 442 g/mol. The SMILES string of the molecule is CC(=O)NC(C)c1ccc(-c2csc(NC(=O)Cn3ccc4cc([N+](=O)[O-])ccc43)n2)cc1. The normalized spacial score (nSPS) is 11.8. The molecule has 0 fully saturated rings. The summed E-state index contributed by atoms with van der Waals surface area (Å²) in [5.41, 5.74) is 3.39. The summed E-state index contributed by atoms with van der Waals surface area (Å²) in [5.74, 6) is -0.327. The van der Waals surface area contributed by atoms with Crippen molar-refractivity contribution in [1.29, 1.82) is 0 Å². The molecule has 0 spiro atoms. The van der Waals surface area contributed by atoms with E-state index in [4.69, 9.17) is 0 Å². The molecule has 168 valence electrons. The van der Waals surface area contributed by atoms with Crippen molar-refractivity contribution in [3.63, 3.8) is 0 Å². The molecule has 0 aliphatic heterocycles. The number of hydrogen-bond donors (Lipinski definition) is 2. The van der Waals surface area contributed by atoms with Crippen LogP contribution in [0.1, 0.15) is 25.5 Å². The topological polar surface area (TPSA) is 119 Å². The number of nitro groups is 1. The van der Waals surface area contributed by atoms with Gasteiger partial charge in [0.15, 0.2) is 5.13 Å². The van der Waals surface area contributed by atoms with Gasteiger partial charge < -0.3 is 15.2 Å². The van der Waals surface area contributed by atoms with E-state index in [9.17, 15) is 19.7 Å². The van der Waals surface area contributed by atoms with Gasteiger partial charge in [0.05, 0.1) is 16.7 Å². The van der Waals surface area contributed by atoms with Crippen LogP contribution in [0.3, 0.4) is 0 Å². The maximum absolute atomic E-state index is 12.5. The second-order valence-electron chi connectivity index (χ2n) is 7.57. The number of aromatic nitrogens is 2. The van der Waals surface area contributed by atoms with E-state index in [0.717, 1.165) is 22.3 Å². The van der Waals surface area contributed by atoms with Gasteiger partial charge in [-0.1, -0.05) is 24.3 Å². The zero-order valence-electron chi connectivity index (χ0n) is 17.9. The number of rotatable bonds is 7. The fourth-order valence-electron chi connectivity index (χ4n) is 3.55. The highest BCUT2D eigenvalue weighted by Crippen LogP contribution is 2.27. The summed E-state index contributed by atoms with van der Waals surface area (Å²) in [4.78, 5) is 38.8. The molecule has 4 aromatic rings. The summed E-state index contributed by atoms with van der Waals surface area (Å²) in [5, 5.41) is 19.6. The molecular formula is C23H21N5O4S. The first-order valence-corrected chi connectivity index (χ1v) is 11.0. The highest BCUT2D eigenvalue weighted by Gasteiger charge is 2.13. The van der Waals surface area contributed by atoms with Gasteiger partial charge in [-0.15, -0.1) is 11.3 Å². The molecule has 0 saturated carbocycles. The van der Waals surface area contributed by atoms with E-state index in [2.05, 4.69) is 15.6 Å². The van der Waals surface area contributed by atoms with Crippen LogP contribution in [-0.2, 0) is 16.1 Å². The third kappa shape index (κ3) is 5.07. The van der Waals surface area contributed by atoms with Crippen LogP contribution < -0.4 is 10.6 Å². The molecule has 2 amide bonds. The van der Waals surface area contributed by atoms with Crippen LogP contribution in [0.25, 0.3) is 22.2 Å². The number of anilines is 1. The number of carbonyl (C=O) groups excluding carboxylic acids is 2. The summed E-state index contributed by atoms with van der Waals surface area (Å²) >= 11 is 1.33. The van der Waals surface area contributed by atoms with E-state index in [-0.39, 0.29) is 30.1 Å². The molecule has 2 N–H and O–H groups in total. The predicted octanol–water partition coefficient (Wildman–Crippen LogP) is 4.51. The molecule has 4 rings (SSSR count). The predicted molar refractivity (Wildman–Crippen MR) is 127 cm³/mol. The van der Waals surface area contributed by atoms with Crippen molar-refractivity contribution in [1.82, 2.24) is 14.9 Å². The van der Waals surface area contributed by atoms with Gasteiger partial charge in [0.2, 0.25) is 11.8 Å². The number of amides is 2. The minimum Gasteiger partial charge on any atom is -0.350 e. The molecule has 10 heteroatoms. The van der Waals surface area contributed by atoms with Crippen LogP contribution in [0.4, 0.5) is 10.8 Å². The van der Waals surface area contributed by atoms with E-state index in [1.54, 1.807) is 22.9 Å². The number of hydrogen-bond acceptors (Lipinski definition) is 6. The van der Waals surface area contributed by atoms with Gasteiger partial charge >= 0.3 is 0 Å². The van der Waals surface area contributed by atoms with Gasteiger partial charge in [0.25, 0.3) is 5.69 Å². The van der Waals surface area contributed by atoms with Crippen LogP contribution in [-0.4, -0.2) is 26.3 Å². The van der Waals surface area contributed by atoms with Crippen molar-refractivity contribution >= 4 is 44.9 Å². The number of nitrogens with zero attached hydrogens (tertiary/aromatic N) is 3. The first kappa shape index (κ1) is 22.2. The molecule has 0 bridgehead atoms. The zero-order valence-corrected chi connectivity index (χ0v) is 18.8. The van der Waals surface area contributed by atoms with E-state index in [1.165, 1.54) is 30.4 Å². The molecule has 9 nitrogen and oxygen atoms in total. The van der Waals surface area contributed by atoms with Gasteiger partial charge in [-0.3, -0.25) is 19.7 Å². The lowest BCUT2D eigenvalue weighted by molar-refractivity contribution is -0.384. The van der Waals surface area contributed by atoms with Crippen LogP contribution in [0.5, 0.6) is 0 Å². The molecule has 0 saturated heterocycles. The third-order valence-corrected chi connectivity index (χ3v) is 5.91. The monoisotopic (exact) mass is 463 g/mol. The summed E-state index contributed by atoms with van der Waals surface area (Å²) < 4.78 is 1.73. The highest BCUT2D eigenvalue weighted by molar-refractivity contribution is 7.14. The molecule has 0 aliphatic carbocycles. The Kier molecular flexibility index (Phi) is 6.18. The minimum absolute atomic E-state index is 0.0117. The Labute approximate surface area is 193 Å². The Hall–Kier alpha value is -4.05. The van der Waals surface area contributed by atoms with Gasteiger partial charge in [0, 0.05) is 47.1 Å². The second-order valence-corrected chi connectivity index (χ2v) is 8.43. The lowest BCUT2D eigenvalue weighted by Crippen LogP contribution is -2.23. The van der Waals surface area contributed by atoms with E-state index in [0.29, 0.717) is 10.5 Å². The first-order chi connectivity index (χ1) is 15.8. The van der Waals surface area contributed by atoms with Crippen LogP contribution >= 0.6 is 11.3 Å². The number of fused-ring (bicyclic) bond motifs is 1. The van der Waals surface area contributed by atoms with Crippen molar-refractivity contribution in [3.8, 4) is 11.3 Å². The molecule has 33 heavy (non-hydrogen) atoms. The molecule has 2 heterocycles. The third-order valence-electron chi connectivity index (χ3n) is 5.16. The Morgan fingerprint density at radius 1 is 1.18 bits per heavy atom. The Morgan fingerprint density at radius 2 is 1.94 bits per heavy atom. The summed E-state index contributed by atoms with van der Waals surface area (Å²) in [6.45, 7) is 3.47. The lowest BCUT2D eigenvalue weighted by atomic mass is 10.1. The lowest BCUT2D eigenvalue weighted by Gasteiger charge is -2.13. The molecule has 0 aliphatic rings.